The first-order chi connectivity index (χ1) is 6.73. The molecule has 0 N–H and O–H groups in total. The molecule has 0 aromatic heterocycles. The second-order valence-electron chi connectivity index (χ2n) is 2.76. The fraction of sp³-hybridized carbons (Fsp3) is 0.125. The molecule has 0 saturated heterocycles. The fourth-order valence-electron chi connectivity index (χ4n) is 0.945. The summed E-state index contributed by atoms with van der Waals surface area (Å²) in [6.45, 7) is 1.24. The van der Waals surface area contributed by atoms with Gasteiger partial charge in [-0.15, -0.1) is 0 Å². The lowest BCUT2D eigenvalue weighted by atomic mass is 10.1. The van der Waals surface area contributed by atoms with Gasteiger partial charge < -0.3 is 0 Å². The lowest BCUT2D eigenvalue weighted by Crippen LogP contribution is -2.01. The summed E-state index contributed by atoms with van der Waals surface area (Å²) in [4.78, 5) is 10.3. The molecule has 3 nitrogen and oxygen atoms in total. The van der Waals surface area contributed by atoms with Crippen LogP contribution in [0, 0.1) is 5.82 Å². The minimum absolute atomic E-state index is 0.0718. The van der Waals surface area contributed by atoms with Gasteiger partial charge in [0.15, 0.2) is 11.6 Å². The van der Waals surface area contributed by atoms with Crippen molar-refractivity contribution in [3.05, 3.63) is 28.0 Å². The van der Waals surface area contributed by atoms with Crippen molar-refractivity contribution in [2.24, 2.45) is 0 Å². The van der Waals surface area contributed by atoms with Crippen LogP contribution in [-0.2, 0) is 9.05 Å². The fourth-order valence-corrected chi connectivity index (χ4v) is 2.46. The largest absolute Gasteiger partial charge is 0.295 e. The third-order valence-corrected chi connectivity index (χ3v) is 3.56. The summed E-state index contributed by atoms with van der Waals surface area (Å²) in [5.74, 6) is -1.38. The Morgan fingerprint density at radius 1 is 1.47 bits per heavy atom. The Balaban J connectivity index is 3.59. The van der Waals surface area contributed by atoms with Gasteiger partial charge in [-0.25, -0.2) is 12.8 Å². The van der Waals surface area contributed by atoms with Crippen LogP contribution in [0.25, 0.3) is 0 Å². The number of Topliss-reactive ketones (excluding diaryl/α,β-unsaturated/α-hetero) is 1. The SMILES string of the molecule is CC(=O)c1cc(Br)c(F)c(S(=O)(=O)Cl)c1. The van der Waals surface area contributed by atoms with Crippen molar-refractivity contribution in [3.63, 3.8) is 0 Å². The number of rotatable bonds is 2. The zero-order valence-corrected chi connectivity index (χ0v) is 10.6. The van der Waals surface area contributed by atoms with E-state index in [1.54, 1.807) is 0 Å². The van der Waals surface area contributed by atoms with E-state index in [0.717, 1.165) is 6.07 Å². The molecule has 15 heavy (non-hydrogen) atoms. The van der Waals surface area contributed by atoms with Crippen molar-refractivity contribution in [2.75, 3.05) is 0 Å². The lowest BCUT2D eigenvalue weighted by Gasteiger charge is -2.03. The summed E-state index contributed by atoms with van der Waals surface area (Å²) < 4.78 is 35.2. The van der Waals surface area contributed by atoms with Gasteiger partial charge in [-0.2, -0.15) is 0 Å². The van der Waals surface area contributed by atoms with E-state index in [2.05, 4.69) is 15.9 Å². The molecule has 82 valence electrons. The molecule has 0 bridgehead atoms. The molecule has 0 aliphatic carbocycles. The summed E-state index contributed by atoms with van der Waals surface area (Å²) >= 11 is 2.81. The standard InChI is InChI=1S/C8H5BrClFO3S/c1-4(12)5-2-6(9)8(11)7(3-5)15(10,13)14/h2-3H,1H3. The maximum absolute atomic E-state index is 13.3. The Morgan fingerprint density at radius 2 is 2.00 bits per heavy atom. The molecule has 0 aliphatic heterocycles. The molecule has 0 unspecified atom stereocenters. The molecule has 0 radical (unpaired) electrons. The van der Waals surface area contributed by atoms with Crippen LogP contribution >= 0.6 is 26.6 Å². The quantitative estimate of drug-likeness (QED) is 0.623. The highest BCUT2D eigenvalue weighted by atomic mass is 79.9. The van der Waals surface area contributed by atoms with Crippen LogP contribution in [0.2, 0.25) is 0 Å². The molecule has 0 heterocycles. The highest BCUT2D eigenvalue weighted by Crippen LogP contribution is 2.27. The number of hydrogen-bond donors (Lipinski definition) is 0. The molecule has 1 aromatic carbocycles. The van der Waals surface area contributed by atoms with Crippen molar-refractivity contribution in [2.45, 2.75) is 11.8 Å². The van der Waals surface area contributed by atoms with E-state index in [0.29, 0.717) is 0 Å². The number of halogens is 3. The molecule has 0 atom stereocenters. The van der Waals surface area contributed by atoms with E-state index in [9.17, 15) is 17.6 Å². The minimum Gasteiger partial charge on any atom is -0.295 e. The summed E-state index contributed by atoms with van der Waals surface area (Å²) in [6, 6.07) is 2.11. The predicted molar refractivity (Wildman–Crippen MR) is 57.1 cm³/mol. The first kappa shape index (κ1) is 12.6. The number of benzene rings is 1. The Labute approximate surface area is 98.8 Å². The zero-order chi connectivity index (χ0) is 11.8. The average Bonchev–Trinajstić information content (AvgIpc) is 2.06. The average molecular weight is 316 g/mol. The van der Waals surface area contributed by atoms with Crippen LogP contribution in [0.1, 0.15) is 17.3 Å². The van der Waals surface area contributed by atoms with Crippen LogP contribution < -0.4 is 0 Å². The molecule has 0 aliphatic rings. The molecular formula is C8H5BrClFO3S. The molecule has 7 heteroatoms. The third-order valence-electron chi connectivity index (χ3n) is 1.66. The van der Waals surface area contributed by atoms with E-state index >= 15 is 0 Å². The van der Waals surface area contributed by atoms with Crippen molar-refractivity contribution >= 4 is 41.4 Å². The van der Waals surface area contributed by atoms with Gasteiger partial charge in [0.2, 0.25) is 0 Å². The second-order valence-corrected chi connectivity index (χ2v) is 6.15. The van der Waals surface area contributed by atoms with E-state index < -0.39 is 19.8 Å². The maximum atomic E-state index is 13.3. The van der Waals surface area contributed by atoms with E-state index in [-0.39, 0.29) is 15.8 Å². The molecule has 0 amide bonds. The summed E-state index contributed by atoms with van der Waals surface area (Å²) in [5, 5.41) is 0. The van der Waals surface area contributed by atoms with Gasteiger partial charge in [0.05, 0.1) is 4.47 Å². The highest BCUT2D eigenvalue weighted by molar-refractivity contribution is 9.10. The Morgan fingerprint density at radius 3 is 2.40 bits per heavy atom. The normalized spacial score (nSPS) is 11.5. The van der Waals surface area contributed by atoms with Crippen molar-refractivity contribution in [1.82, 2.24) is 0 Å². The topological polar surface area (TPSA) is 51.2 Å². The van der Waals surface area contributed by atoms with Gasteiger partial charge in [-0.1, -0.05) is 0 Å². The highest BCUT2D eigenvalue weighted by Gasteiger charge is 2.20. The molecule has 1 aromatic rings. The predicted octanol–water partition coefficient (Wildman–Crippen LogP) is 2.72. The summed E-state index contributed by atoms with van der Waals surface area (Å²) in [7, 11) is 0.816. The Hall–Kier alpha value is -0.460. The van der Waals surface area contributed by atoms with E-state index in [1.165, 1.54) is 13.0 Å². The molecule has 0 spiro atoms. The van der Waals surface area contributed by atoms with Crippen LogP contribution in [-0.4, -0.2) is 14.2 Å². The van der Waals surface area contributed by atoms with Crippen LogP contribution in [0.3, 0.4) is 0 Å². The first-order valence-corrected chi connectivity index (χ1v) is 6.78. The monoisotopic (exact) mass is 314 g/mol. The number of carbonyl (C=O) groups is 1. The van der Waals surface area contributed by atoms with E-state index in [1.807, 2.05) is 0 Å². The van der Waals surface area contributed by atoms with Crippen molar-refractivity contribution in [3.8, 4) is 0 Å². The van der Waals surface area contributed by atoms with E-state index in [4.69, 9.17) is 10.7 Å². The van der Waals surface area contributed by atoms with Gasteiger partial charge in [-0.3, -0.25) is 4.79 Å². The van der Waals surface area contributed by atoms with Crippen molar-refractivity contribution in [1.29, 1.82) is 0 Å². The third kappa shape index (κ3) is 2.76. The van der Waals surface area contributed by atoms with Crippen LogP contribution in [0.4, 0.5) is 4.39 Å². The number of hydrogen-bond acceptors (Lipinski definition) is 3. The van der Waals surface area contributed by atoms with Crippen LogP contribution in [0.15, 0.2) is 21.5 Å². The molecular weight excluding hydrogens is 311 g/mol. The Kier molecular flexibility index (Phi) is 3.52. The minimum atomic E-state index is -4.20. The summed E-state index contributed by atoms with van der Waals surface area (Å²) in [6.07, 6.45) is 0. The number of ketones is 1. The maximum Gasteiger partial charge on any atom is 0.264 e. The molecule has 0 fully saturated rings. The van der Waals surface area contributed by atoms with Gasteiger partial charge >= 0.3 is 0 Å². The lowest BCUT2D eigenvalue weighted by molar-refractivity contribution is 0.101. The Bertz CT molecular complexity index is 527. The summed E-state index contributed by atoms with van der Waals surface area (Å²) in [5.41, 5.74) is 0.0718. The van der Waals surface area contributed by atoms with Gasteiger partial charge in [0, 0.05) is 16.2 Å². The van der Waals surface area contributed by atoms with Crippen molar-refractivity contribution < 1.29 is 17.6 Å². The molecule has 1 rings (SSSR count). The second kappa shape index (κ2) is 4.19. The smallest absolute Gasteiger partial charge is 0.264 e. The molecule has 0 saturated carbocycles. The van der Waals surface area contributed by atoms with Gasteiger partial charge in [0.1, 0.15) is 4.90 Å². The van der Waals surface area contributed by atoms with Gasteiger partial charge in [0.25, 0.3) is 9.05 Å². The first-order valence-electron chi connectivity index (χ1n) is 3.68. The van der Waals surface area contributed by atoms with Crippen LogP contribution in [0.5, 0.6) is 0 Å². The number of carbonyl (C=O) groups excluding carboxylic acids is 1. The zero-order valence-electron chi connectivity index (χ0n) is 7.42. The van der Waals surface area contributed by atoms with Gasteiger partial charge in [-0.05, 0) is 35.0 Å².